The van der Waals surface area contributed by atoms with Gasteiger partial charge < -0.3 is 9.32 Å². The van der Waals surface area contributed by atoms with E-state index in [0.717, 1.165) is 31.4 Å². The Morgan fingerprint density at radius 3 is 2.69 bits per heavy atom. The van der Waals surface area contributed by atoms with Crippen molar-refractivity contribution in [3.63, 3.8) is 0 Å². The predicted molar refractivity (Wildman–Crippen MR) is 124 cm³/mol. The Hall–Kier alpha value is -3.14. The monoisotopic (exact) mass is 424 g/mol. The molecule has 4 heteroatoms. The Bertz CT molecular complexity index is 1150. The first-order valence-corrected chi connectivity index (χ1v) is 11.8. The van der Waals surface area contributed by atoms with Crippen LogP contribution in [-0.2, 0) is 6.42 Å². The van der Waals surface area contributed by atoms with E-state index in [1.165, 1.54) is 30.4 Å². The molecule has 0 saturated heterocycles. The maximum Gasteiger partial charge on any atom is 0.277 e. The number of aromatic nitrogens is 1. The highest BCUT2D eigenvalue weighted by Crippen LogP contribution is 2.45. The zero-order valence-corrected chi connectivity index (χ0v) is 18.2. The van der Waals surface area contributed by atoms with Crippen LogP contribution in [0, 0.1) is 17.8 Å². The lowest BCUT2D eigenvalue weighted by molar-refractivity contribution is 0.0599. The zero-order chi connectivity index (χ0) is 21.5. The van der Waals surface area contributed by atoms with Crippen LogP contribution >= 0.6 is 0 Å². The number of carbonyl (C=O) groups excluding carboxylic acids is 1. The number of benzene rings is 2. The van der Waals surface area contributed by atoms with Gasteiger partial charge in [0.1, 0.15) is 0 Å². The van der Waals surface area contributed by atoms with Gasteiger partial charge in [0.25, 0.3) is 5.91 Å². The molecule has 32 heavy (non-hydrogen) atoms. The summed E-state index contributed by atoms with van der Waals surface area (Å²) in [6.45, 7) is 0.782. The quantitative estimate of drug-likeness (QED) is 0.467. The maximum atomic E-state index is 14.1. The number of amides is 1. The molecular formula is C28H28N2O2. The number of hydrogen-bond donors (Lipinski definition) is 0. The van der Waals surface area contributed by atoms with E-state index in [-0.39, 0.29) is 11.9 Å². The Morgan fingerprint density at radius 1 is 1.03 bits per heavy atom. The average Bonchev–Trinajstić information content (AvgIpc) is 3.60. The molecule has 3 aromatic rings. The topological polar surface area (TPSA) is 46.3 Å². The molecule has 3 aliphatic rings. The molecule has 1 fully saturated rings. The van der Waals surface area contributed by atoms with Crippen molar-refractivity contribution in [2.24, 2.45) is 17.8 Å². The van der Waals surface area contributed by atoms with Crippen LogP contribution in [0.3, 0.4) is 0 Å². The minimum Gasteiger partial charge on any atom is -0.443 e. The van der Waals surface area contributed by atoms with Gasteiger partial charge in [0.05, 0.1) is 6.04 Å². The Kier molecular flexibility index (Phi) is 4.94. The number of aryl methyl sites for hydroxylation is 1. The summed E-state index contributed by atoms with van der Waals surface area (Å²) in [7, 11) is 0. The van der Waals surface area contributed by atoms with Gasteiger partial charge in [-0.3, -0.25) is 4.79 Å². The molecule has 4 atom stereocenters. The fraction of sp³-hybridized carbons (Fsp3) is 0.357. The lowest BCUT2D eigenvalue weighted by atomic mass is 9.85. The van der Waals surface area contributed by atoms with Crippen LogP contribution in [0.1, 0.15) is 53.3 Å². The fourth-order valence-electron chi connectivity index (χ4n) is 6.09. The second kappa shape index (κ2) is 8.09. The van der Waals surface area contributed by atoms with Crippen LogP contribution in [-0.4, -0.2) is 22.3 Å². The molecule has 6 rings (SSSR count). The van der Waals surface area contributed by atoms with E-state index >= 15 is 0 Å². The molecule has 1 heterocycles. The third kappa shape index (κ3) is 3.38. The second-order valence-corrected chi connectivity index (χ2v) is 9.50. The van der Waals surface area contributed by atoms with Crippen LogP contribution in [0.2, 0.25) is 0 Å². The summed E-state index contributed by atoms with van der Waals surface area (Å²) in [5.41, 5.74) is 3.99. The van der Waals surface area contributed by atoms with Crippen molar-refractivity contribution in [3.05, 3.63) is 90.0 Å². The molecule has 1 amide bonds. The summed E-state index contributed by atoms with van der Waals surface area (Å²) in [6.07, 6.45) is 11.8. The van der Waals surface area contributed by atoms with Crippen LogP contribution in [0.4, 0.5) is 0 Å². The molecule has 0 aliphatic heterocycles. The number of nitrogens with zero attached hydrogens (tertiary/aromatic N) is 2. The summed E-state index contributed by atoms with van der Waals surface area (Å²) in [5.74, 6) is 2.37. The Morgan fingerprint density at radius 2 is 1.88 bits per heavy atom. The normalized spacial score (nSPS) is 25.6. The molecule has 3 aliphatic carbocycles. The maximum absolute atomic E-state index is 14.1. The van der Waals surface area contributed by atoms with Crippen LogP contribution in [0.5, 0.6) is 0 Å². The van der Waals surface area contributed by atoms with E-state index in [2.05, 4.69) is 46.3 Å². The number of carbonyl (C=O) groups is 1. The second-order valence-electron chi connectivity index (χ2n) is 9.50. The van der Waals surface area contributed by atoms with Crippen molar-refractivity contribution in [2.45, 2.75) is 38.1 Å². The first kappa shape index (κ1) is 19.5. The van der Waals surface area contributed by atoms with E-state index in [1.807, 2.05) is 30.3 Å². The van der Waals surface area contributed by atoms with Gasteiger partial charge in [0, 0.05) is 12.1 Å². The van der Waals surface area contributed by atoms with E-state index < -0.39 is 0 Å². The summed E-state index contributed by atoms with van der Waals surface area (Å²) < 4.78 is 5.73. The van der Waals surface area contributed by atoms with Crippen molar-refractivity contribution in [1.82, 2.24) is 9.88 Å². The molecule has 4 nitrogen and oxygen atoms in total. The van der Waals surface area contributed by atoms with Gasteiger partial charge in [-0.2, -0.15) is 0 Å². The molecule has 0 N–H and O–H groups in total. The minimum atomic E-state index is -0.00828. The zero-order valence-electron chi connectivity index (χ0n) is 18.2. The van der Waals surface area contributed by atoms with E-state index in [1.54, 1.807) is 0 Å². The molecule has 0 unspecified atom stereocenters. The van der Waals surface area contributed by atoms with Crippen LogP contribution in [0.15, 0.2) is 77.6 Å². The van der Waals surface area contributed by atoms with E-state index in [0.29, 0.717) is 29.2 Å². The van der Waals surface area contributed by atoms with Crippen LogP contribution in [0.25, 0.3) is 11.3 Å². The molecule has 2 bridgehead atoms. The Balaban J connectivity index is 1.38. The van der Waals surface area contributed by atoms with Gasteiger partial charge in [-0.25, -0.2) is 4.98 Å². The first-order valence-electron chi connectivity index (χ1n) is 11.8. The standard InChI is InChI=1S/C28H28N2O2/c31-28(26-27(32-18-29-26)21-8-2-1-3-9-21)30(17-23-16-19-13-14-22(23)15-19)25-12-6-10-20-7-4-5-11-24(20)25/h1-5,7-9,11,13-14,18-19,22-23,25H,6,10,12,15-17H2/t19-,22+,23+,25-/m1/s1. The van der Waals surface area contributed by atoms with Gasteiger partial charge in [-0.05, 0) is 61.0 Å². The molecule has 0 spiro atoms. The van der Waals surface area contributed by atoms with Crippen LogP contribution < -0.4 is 0 Å². The molecule has 2 aromatic carbocycles. The van der Waals surface area contributed by atoms with Gasteiger partial charge in [0.2, 0.25) is 0 Å². The first-order chi connectivity index (χ1) is 15.8. The minimum absolute atomic E-state index is 0.00828. The third-order valence-corrected chi connectivity index (χ3v) is 7.63. The van der Waals surface area contributed by atoms with Gasteiger partial charge in [-0.15, -0.1) is 0 Å². The molecule has 1 aromatic heterocycles. The largest absolute Gasteiger partial charge is 0.443 e. The number of hydrogen-bond acceptors (Lipinski definition) is 3. The molecular weight excluding hydrogens is 396 g/mol. The summed E-state index contributed by atoms with van der Waals surface area (Å²) in [5, 5.41) is 0. The lowest BCUT2D eigenvalue weighted by Crippen LogP contribution is -2.41. The van der Waals surface area contributed by atoms with E-state index in [4.69, 9.17) is 4.42 Å². The predicted octanol–water partition coefficient (Wildman–Crippen LogP) is 6.07. The SMILES string of the molecule is O=C(c1ncoc1-c1ccccc1)N(C[C@@H]1C[C@@H]2C=C[C@H]1C2)[C@@H]1CCCc2ccccc21. The number of oxazole rings is 1. The number of fused-ring (bicyclic) bond motifs is 3. The van der Waals surface area contributed by atoms with Crippen molar-refractivity contribution >= 4 is 5.91 Å². The molecule has 0 radical (unpaired) electrons. The number of rotatable bonds is 5. The van der Waals surface area contributed by atoms with E-state index in [9.17, 15) is 4.79 Å². The summed E-state index contributed by atoms with van der Waals surface area (Å²) in [6, 6.07) is 18.6. The highest BCUT2D eigenvalue weighted by molar-refractivity contribution is 5.98. The third-order valence-electron chi connectivity index (χ3n) is 7.63. The number of allylic oxidation sites excluding steroid dienone is 2. The highest BCUT2D eigenvalue weighted by atomic mass is 16.3. The lowest BCUT2D eigenvalue weighted by Gasteiger charge is -2.38. The van der Waals surface area contributed by atoms with Crippen molar-refractivity contribution < 1.29 is 9.21 Å². The van der Waals surface area contributed by atoms with Crippen molar-refractivity contribution in [3.8, 4) is 11.3 Å². The smallest absolute Gasteiger partial charge is 0.277 e. The average molecular weight is 425 g/mol. The highest BCUT2D eigenvalue weighted by Gasteiger charge is 2.40. The summed E-state index contributed by atoms with van der Waals surface area (Å²) in [4.78, 5) is 20.6. The van der Waals surface area contributed by atoms with Gasteiger partial charge in [0.15, 0.2) is 17.8 Å². The van der Waals surface area contributed by atoms with Crippen molar-refractivity contribution in [1.29, 1.82) is 0 Å². The van der Waals surface area contributed by atoms with Gasteiger partial charge in [-0.1, -0.05) is 66.7 Å². The summed E-state index contributed by atoms with van der Waals surface area (Å²) >= 11 is 0. The fourth-order valence-corrected chi connectivity index (χ4v) is 6.09. The molecule has 1 saturated carbocycles. The molecule has 162 valence electrons. The Labute approximate surface area is 189 Å². The van der Waals surface area contributed by atoms with Crippen molar-refractivity contribution in [2.75, 3.05) is 6.54 Å². The van der Waals surface area contributed by atoms with Gasteiger partial charge >= 0.3 is 0 Å².